The summed E-state index contributed by atoms with van der Waals surface area (Å²) in [7, 11) is 0. The van der Waals surface area contributed by atoms with Crippen LogP contribution in [0.15, 0.2) is 72.8 Å². The highest BCUT2D eigenvalue weighted by Crippen LogP contribution is 2.39. The van der Waals surface area contributed by atoms with E-state index in [4.69, 9.17) is 5.10 Å². The molecule has 0 aliphatic heterocycles. The van der Waals surface area contributed by atoms with Crippen molar-refractivity contribution in [1.82, 2.24) is 9.78 Å². The van der Waals surface area contributed by atoms with Gasteiger partial charge in [0.05, 0.1) is 18.2 Å². The minimum Gasteiger partial charge on any atom is -0.386 e. The molecule has 0 saturated carbocycles. The Labute approximate surface area is 150 Å². The van der Waals surface area contributed by atoms with Crippen LogP contribution in [0.4, 0.5) is 0 Å². The van der Waals surface area contributed by atoms with Crippen molar-refractivity contribution in [3.8, 4) is 11.3 Å². The molecule has 3 aromatic carbocycles. The second-order valence-electron chi connectivity index (χ2n) is 6.53. The Kier molecular flexibility index (Phi) is 3.27. The van der Waals surface area contributed by atoms with Crippen molar-refractivity contribution in [2.24, 2.45) is 0 Å². The van der Waals surface area contributed by atoms with Crippen molar-refractivity contribution >= 4 is 16.7 Å². The molecule has 1 N–H and O–H groups in total. The van der Waals surface area contributed by atoms with Gasteiger partial charge in [0.1, 0.15) is 5.69 Å². The van der Waals surface area contributed by atoms with E-state index in [-0.39, 0.29) is 5.78 Å². The van der Waals surface area contributed by atoms with E-state index in [9.17, 15) is 9.90 Å². The third kappa shape index (κ3) is 2.13. The maximum absolute atomic E-state index is 12.9. The number of carbonyl (C=O) groups is 1. The smallest absolute Gasteiger partial charge is 0.194 e. The Balaban J connectivity index is 1.68. The Hall–Kier alpha value is -3.24. The number of fused-ring (bicyclic) bond motifs is 2. The van der Waals surface area contributed by atoms with Gasteiger partial charge < -0.3 is 5.11 Å². The molecule has 126 valence electrons. The van der Waals surface area contributed by atoms with Crippen LogP contribution >= 0.6 is 0 Å². The number of benzene rings is 3. The van der Waals surface area contributed by atoms with Crippen molar-refractivity contribution in [2.75, 3.05) is 0 Å². The summed E-state index contributed by atoms with van der Waals surface area (Å²) < 4.78 is 1.81. The van der Waals surface area contributed by atoms with Gasteiger partial charge in [-0.15, -0.1) is 0 Å². The normalized spacial score (nSPS) is 13.7. The topological polar surface area (TPSA) is 55.1 Å². The van der Waals surface area contributed by atoms with Crippen molar-refractivity contribution in [1.29, 1.82) is 0 Å². The molecular formula is C22H16N2O2. The maximum Gasteiger partial charge on any atom is 0.194 e. The summed E-state index contributed by atoms with van der Waals surface area (Å²) in [4.78, 5) is 12.9. The Morgan fingerprint density at radius 1 is 0.846 bits per heavy atom. The molecule has 1 aliphatic carbocycles. The van der Waals surface area contributed by atoms with E-state index in [0.717, 1.165) is 27.7 Å². The standard InChI is InChI=1S/C22H16N2O2/c25-19(14-7-2-1-3-8-14)13-24-18-12-6-11-17-20(18)21(23-24)15-9-4-5-10-16(15)22(17)26/h1-12,19,25H,13H2/t19-/m0/s1. The summed E-state index contributed by atoms with van der Waals surface area (Å²) in [5, 5.41) is 16.3. The number of aromatic nitrogens is 2. The van der Waals surface area contributed by atoms with Crippen molar-refractivity contribution in [3.63, 3.8) is 0 Å². The lowest BCUT2D eigenvalue weighted by Crippen LogP contribution is -2.10. The molecule has 0 radical (unpaired) electrons. The number of nitrogens with zero attached hydrogens (tertiary/aromatic N) is 2. The molecule has 0 saturated heterocycles. The molecule has 26 heavy (non-hydrogen) atoms. The van der Waals surface area contributed by atoms with Crippen LogP contribution < -0.4 is 0 Å². The summed E-state index contributed by atoms with van der Waals surface area (Å²) in [5.74, 6) is 0.0295. The summed E-state index contributed by atoms with van der Waals surface area (Å²) >= 11 is 0. The molecule has 5 rings (SSSR count). The molecule has 0 spiro atoms. The molecule has 0 unspecified atom stereocenters. The first-order chi connectivity index (χ1) is 12.7. The Bertz CT molecular complexity index is 1150. The second-order valence-corrected chi connectivity index (χ2v) is 6.53. The quantitative estimate of drug-likeness (QED) is 0.540. The van der Waals surface area contributed by atoms with E-state index in [1.165, 1.54) is 0 Å². The van der Waals surface area contributed by atoms with Gasteiger partial charge in [0, 0.05) is 22.1 Å². The van der Waals surface area contributed by atoms with Crippen molar-refractivity contribution < 1.29 is 9.90 Å². The third-order valence-corrected chi connectivity index (χ3v) is 4.98. The van der Waals surface area contributed by atoms with E-state index in [1.807, 2.05) is 72.8 Å². The van der Waals surface area contributed by atoms with Gasteiger partial charge in [-0.1, -0.05) is 66.7 Å². The van der Waals surface area contributed by atoms with Crippen molar-refractivity contribution in [3.05, 3.63) is 89.5 Å². The van der Waals surface area contributed by atoms with E-state index in [2.05, 4.69) is 0 Å². The van der Waals surface area contributed by atoms with E-state index in [1.54, 1.807) is 4.68 Å². The molecule has 1 heterocycles. The van der Waals surface area contributed by atoms with Gasteiger partial charge in [-0.25, -0.2) is 0 Å². The Morgan fingerprint density at radius 2 is 1.54 bits per heavy atom. The fourth-order valence-corrected chi connectivity index (χ4v) is 3.72. The summed E-state index contributed by atoms with van der Waals surface area (Å²) in [5.41, 5.74) is 4.74. The lowest BCUT2D eigenvalue weighted by Gasteiger charge is -2.13. The minimum absolute atomic E-state index is 0.0295. The molecule has 0 amide bonds. The zero-order chi connectivity index (χ0) is 17.7. The monoisotopic (exact) mass is 340 g/mol. The van der Waals surface area contributed by atoms with Crippen LogP contribution in [-0.4, -0.2) is 20.7 Å². The minimum atomic E-state index is -0.664. The van der Waals surface area contributed by atoms with Crippen LogP contribution in [0.2, 0.25) is 0 Å². The predicted octanol–water partition coefficient (Wildman–Crippen LogP) is 3.98. The zero-order valence-corrected chi connectivity index (χ0v) is 14.0. The third-order valence-electron chi connectivity index (χ3n) is 4.98. The van der Waals surface area contributed by atoms with Gasteiger partial charge in [-0.05, 0) is 11.6 Å². The van der Waals surface area contributed by atoms with Crippen LogP contribution in [-0.2, 0) is 6.54 Å². The largest absolute Gasteiger partial charge is 0.386 e. The fourth-order valence-electron chi connectivity index (χ4n) is 3.72. The van der Waals surface area contributed by atoms with Crippen LogP contribution in [0.25, 0.3) is 22.2 Å². The number of hydrogen-bond donors (Lipinski definition) is 1. The first-order valence-electron chi connectivity index (χ1n) is 8.60. The highest BCUT2D eigenvalue weighted by Gasteiger charge is 2.28. The maximum atomic E-state index is 12.9. The highest BCUT2D eigenvalue weighted by molar-refractivity contribution is 6.25. The molecule has 1 atom stereocenters. The summed E-state index contributed by atoms with van der Waals surface area (Å²) in [6.07, 6.45) is -0.664. The molecule has 4 heteroatoms. The number of ketones is 1. The average molecular weight is 340 g/mol. The molecule has 4 nitrogen and oxygen atoms in total. The number of carbonyl (C=O) groups excluding carboxylic acids is 1. The van der Waals surface area contributed by atoms with Crippen LogP contribution in [0.1, 0.15) is 27.6 Å². The van der Waals surface area contributed by atoms with Gasteiger partial charge in [0.15, 0.2) is 5.78 Å². The average Bonchev–Trinajstić information content (AvgIpc) is 3.06. The first-order valence-corrected chi connectivity index (χ1v) is 8.60. The lowest BCUT2D eigenvalue weighted by molar-refractivity contribution is 0.104. The van der Waals surface area contributed by atoms with Gasteiger partial charge >= 0.3 is 0 Å². The first kappa shape index (κ1) is 15.0. The summed E-state index contributed by atoms with van der Waals surface area (Å²) in [6.45, 7) is 0.334. The molecule has 1 aliphatic rings. The van der Waals surface area contributed by atoms with Crippen molar-refractivity contribution in [2.45, 2.75) is 12.6 Å². The van der Waals surface area contributed by atoms with E-state index >= 15 is 0 Å². The molecule has 1 aromatic heterocycles. The van der Waals surface area contributed by atoms with Gasteiger partial charge in [-0.3, -0.25) is 9.48 Å². The number of aliphatic hydroxyl groups excluding tert-OH is 1. The van der Waals surface area contributed by atoms with Crippen LogP contribution in [0, 0.1) is 0 Å². The van der Waals surface area contributed by atoms with Gasteiger partial charge in [-0.2, -0.15) is 5.10 Å². The lowest BCUT2D eigenvalue weighted by atomic mass is 9.87. The van der Waals surface area contributed by atoms with Gasteiger partial charge in [0.2, 0.25) is 0 Å². The van der Waals surface area contributed by atoms with Gasteiger partial charge in [0.25, 0.3) is 0 Å². The predicted molar refractivity (Wildman–Crippen MR) is 100 cm³/mol. The SMILES string of the molecule is O=C1c2ccccc2-c2nn(C[C@H](O)c3ccccc3)c3cccc1c23. The van der Waals surface area contributed by atoms with E-state index < -0.39 is 6.10 Å². The second kappa shape index (κ2) is 5.64. The van der Waals surface area contributed by atoms with Crippen LogP contribution in [0.5, 0.6) is 0 Å². The zero-order valence-electron chi connectivity index (χ0n) is 14.0. The Morgan fingerprint density at radius 3 is 2.35 bits per heavy atom. The number of hydrogen-bond acceptors (Lipinski definition) is 3. The van der Waals surface area contributed by atoms with Crippen LogP contribution in [0.3, 0.4) is 0 Å². The van der Waals surface area contributed by atoms with E-state index in [0.29, 0.717) is 17.7 Å². The fraction of sp³-hybridized carbons (Fsp3) is 0.0909. The highest BCUT2D eigenvalue weighted by atomic mass is 16.3. The molecule has 0 fully saturated rings. The molecular weight excluding hydrogens is 324 g/mol. The molecule has 0 bridgehead atoms. The summed E-state index contributed by atoms with van der Waals surface area (Å²) in [6, 6.07) is 22.8. The number of aliphatic hydroxyl groups is 1. The number of rotatable bonds is 3. The molecule has 4 aromatic rings.